The van der Waals surface area contributed by atoms with Crippen molar-refractivity contribution in [3.05, 3.63) is 0 Å². The minimum absolute atomic E-state index is 0.00393. The van der Waals surface area contributed by atoms with Crippen LogP contribution in [0.25, 0.3) is 0 Å². The monoisotopic (exact) mass is 253 g/mol. The van der Waals surface area contributed by atoms with E-state index in [1.807, 2.05) is 6.92 Å². The maximum atomic E-state index is 12.6. The van der Waals surface area contributed by atoms with Gasteiger partial charge in [-0.25, -0.2) is 0 Å². The zero-order valence-corrected chi connectivity index (χ0v) is 10.6. The topological polar surface area (TPSA) is 78.5 Å². The quantitative estimate of drug-likeness (QED) is 0.649. The Morgan fingerprint density at radius 2 is 2.00 bits per heavy atom. The average molecular weight is 253 g/mol. The van der Waals surface area contributed by atoms with Crippen molar-refractivity contribution in [1.29, 1.82) is 0 Å². The smallest absolute Gasteiger partial charge is 0.246 e. The Bertz CT molecular complexity index is 359. The Balaban J connectivity index is 2.13. The summed E-state index contributed by atoms with van der Waals surface area (Å²) in [6.45, 7) is 3.50. The third kappa shape index (κ3) is 2.38. The van der Waals surface area contributed by atoms with Gasteiger partial charge in [-0.15, -0.1) is 0 Å². The van der Waals surface area contributed by atoms with Crippen LogP contribution in [0.4, 0.5) is 0 Å². The van der Waals surface area contributed by atoms with Crippen LogP contribution in [0.2, 0.25) is 0 Å². The van der Waals surface area contributed by atoms with Crippen molar-refractivity contribution in [3.8, 4) is 0 Å². The maximum absolute atomic E-state index is 12.6. The minimum atomic E-state index is -0.424. The summed E-state index contributed by atoms with van der Waals surface area (Å²) >= 11 is 0. The molecule has 1 atom stereocenters. The van der Waals surface area contributed by atoms with Crippen molar-refractivity contribution >= 4 is 17.7 Å². The van der Waals surface area contributed by atoms with Gasteiger partial charge in [0.15, 0.2) is 0 Å². The number of imide groups is 1. The summed E-state index contributed by atoms with van der Waals surface area (Å²) < 4.78 is 0. The highest BCUT2D eigenvalue weighted by Gasteiger charge is 2.44. The van der Waals surface area contributed by atoms with E-state index in [1.54, 1.807) is 0 Å². The van der Waals surface area contributed by atoms with Crippen LogP contribution in [0.3, 0.4) is 0 Å². The first kappa shape index (κ1) is 13.0. The second kappa shape index (κ2) is 5.06. The van der Waals surface area contributed by atoms with Crippen LogP contribution in [-0.4, -0.2) is 48.8 Å². The molecule has 2 saturated heterocycles. The molecule has 0 bridgehead atoms. The molecule has 18 heavy (non-hydrogen) atoms. The third-order valence-corrected chi connectivity index (χ3v) is 3.66. The van der Waals surface area contributed by atoms with E-state index in [0.717, 1.165) is 25.8 Å². The molecule has 0 aromatic carbocycles. The maximum Gasteiger partial charge on any atom is 0.246 e. The SMILES string of the molecule is CCCC1(C(=O)N2CC(=O)NC(=O)C2)CCNC1. The molecule has 2 N–H and O–H groups in total. The van der Waals surface area contributed by atoms with Gasteiger partial charge < -0.3 is 10.2 Å². The van der Waals surface area contributed by atoms with Gasteiger partial charge in [-0.05, 0) is 19.4 Å². The van der Waals surface area contributed by atoms with Crippen LogP contribution in [0, 0.1) is 5.41 Å². The second-order valence-electron chi connectivity index (χ2n) is 5.09. The van der Waals surface area contributed by atoms with Gasteiger partial charge in [0.25, 0.3) is 0 Å². The lowest BCUT2D eigenvalue weighted by Gasteiger charge is -2.34. The normalized spacial score (nSPS) is 28.4. The first-order valence-corrected chi connectivity index (χ1v) is 6.40. The minimum Gasteiger partial charge on any atom is -0.324 e. The molecule has 2 aliphatic heterocycles. The molecule has 1 unspecified atom stereocenters. The van der Waals surface area contributed by atoms with E-state index in [-0.39, 0.29) is 19.0 Å². The van der Waals surface area contributed by atoms with Crippen LogP contribution in [-0.2, 0) is 14.4 Å². The van der Waals surface area contributed by atoms with E-state index in [2.05, 4.69) is 10.6 Å². The first-order valence-electron chi connectivity index (χ1n) is 6.40. The van der Waals surface area contributed by atoms with Crippen LogP contribution in [0.5, 0.6) is 0 Å². The number of nitrogens with zero attached hydrogens (tertiary/aromatic N) is 1. The summed E-state index contributed by atoms with van der Waals surface area (Å²) in [5.74, 6) is -0.841. The fourth-order valence-corrected chi connectivity index (χ4v) is 2.84. The summed E-state index contributed by atoms with van der Waals surface area (Å²) in [7, 11) is 0. The van der Waals surface area contributed by atoms with Gasteiger partial charge in [0, 0.05) is 6.54 Å². The van der Waals surface area contributed by atoms with Gasteiger partial charge in [-0.3, -0.25) is 19.7 Å². The Labute approximate surface area is 106 Å². The highest BCUT2D eigenvalue weighted by molar-refractivity contribution is 6.03. The molecular formula is C12H19N3O3. The molecule has 0 aromatic heterocycles. The number of hydrogen-bond acceptors (Lipinski definition) is 4. The molecule has 6 heteroatoms. The number of nitrogens with one attached hydrogen (secondary N) is 2. The number of rotatable bonds is 3. The van der Waals surface area contributed by atoms with Crippen molar-refractivity contribution in [3.63, 3.8) is 0 Å². The Kier molecular flexibility index (Phi) is 3.65. The standard InChI is InChI=1S/C12H19N3O3/c1-2-3-12(4-5-13-8-12)11(18)15-6-9(16)14-10(17)7-15/h13H,2-8H2,1H3,(H,14,16,17). The molecule has 0 aromatic rings. The molecule has 2 aliphatic rings. The van der Waals surface area contributed by atoms with Crippen molar-refractivity contribution in [2.45, 2.75) is 26.2 Å². The van der Waals surface area contributed by atoms with E-state index < -0.39 is 17.2 Å². The summed E-state index contributed by atoms with van der Waals surface area (Å²) in [5.41, 5.74) is -0.424. The third-order valence-electron chi connectivity index (χ3n) is 3.66. The predicted molar refractivity (Wildman–Crippen MR) is 64.6 cm³/mol. The predicted octanol–water partition coefficient (Wildman–Crippen LogP) is -0.749. The van der Waals surface area contributed by atoms with E-state index in [0.29, 0.717) is 6.54 Å². The van der Waals surface area contributed by atoms with Gasteiger partial charge in [0.2, 0.25) is 17.7 Å². The van der Waals surface area contributed by atoms with Gasteiger partial charge in [-0.2, -0.15) is 0 Å². The van der Waals surface area contributed by atoms with Crippen molar-refractivity contribution in [2.24, 2.45) is 5.41 Å². The highest BCUT2D eigenvalue weighted by Crippen LogP contribution is 2.33. The summed E-state index contributed by atoms with van der Waals surface area (Å²) in [6, 6.07) is 0. The van der Waals surface area contributed by atoms with Crippen molar-refractivity contribution < 1.29 is 14.4 Å². The van der Waals surface area contributed by atoms with Crippen LogP contribution in [0.15, 0.2) is 0 Å². The number of amides is 3. The van der Waals surface area contributed by atoms with Gasteiger partial charge >= 0.3 is 0 Å². The molecule has 2 heterocycles. The summed E-state index contributed by atoms with van der Waals surface area (Å²) in [6.07, 6.45) is 2.50. The molecule has 2 rings (SSSR count). The molecule has 0 spiro atoms. The second-order valence-corrected chi connectivity index (χ2v) is 5.09. The Hall–Kier alpha value is -1.43. The molecular weight excluding hydrogens is 234 g/mol. The molecule has 3 amide bonds. The summed E-state index contributed by atoms with van der Waals surface area (Å²) in [5, 5.41) is 5.42. The fraction of sp³-hybridized carbons (Fsp3) is 0.750. The van der Waals surface area contributed by atoms with E-state index in [9.17, 15) is 14.4 Å². The lowest BCUT2D eigenvalue weighted by Crippen LogP contribution is -2.57. The number of hydrogen-bond donors (Lipinski definition) is 2. The number of carbonyl (C=O) groups excluding carboxylic acids is 3. The van der Waals surface area contributed by atoms with Gasteiger partial charge in [-0.1, -0.05) is 13.3 Å². The molecule has 0 aliphatic carbocycles. The Morgan fingerprint density at radius 1 is 1.33 bits per heavy atom. The van der Waals surface area contributed by atoms with E-state index >= 15 is 0 Å². The fourth-order valence-electron chi connectivity index (χ4n) is 2.84. The summed E-state index contributed by atoms with van der Waals surface area (Å²) in [4.78, 5) is 36.6. The molecule has 2 fully saturated rings. The molecule has 0 saturated carbocycles. The number of carbonyl (C=O) groups is 3. The average Bonchev–Trinajstić information content (AvgIpc) is 2.77. The van der Waals surface area contributed by atoms with Crippen molar-refractivity contribution in [2.75, 3.05) is 26.2 Å². The lowest BCUT2D eigenvalue weighted by atomic mass is 9.81. The lowest BCUT2D eigenvalue weighted by molar-refractivity contribution is -0.151. The highest BCUT2D eigenvalue weighted by atomic mass is 16.2. The number of piperazine rings is 1. The zero-order valence-electron chi connectivity index (χ0n) is 10.6. The molecule has 6 nitrogen and oxygen atoms in total. The van der Waals surface area contributed by atoms with Crippen LogP contribution < -0.4 is 10.6 Å². The van der Waals surface area contributed by atoms with Crippen LogP contribution >= 0.6 is 0 Å². The van der Waals surface area contributed by atoms with Gasteiger partial charge in [0.05, 0.1) is 5.41 Å². The van der Waals surface area contributed by atoms with Gasteiger partial charge in [0.1, 0.15) is 13.1 Å². The van der Waals surface area contributed by atoms with Crippen molar-refractivity contribution in [1.82, 2.24) is 15.5 Å². The van der Waals surface area contributed by atoms with Crippen LogP contribution in [0.1, 0.15) is 26.2 Å². The largest absolute Gasteiger partial charge is 0.324 e. The van der Waals surface area contributed by atoms with E-state index in [4.69, 9.17) is 0 Å². The van der Waals surface area contributed by atoms with E-state index in [1.165, 1.54) is 4.90 Å². The zero-order chi connectivity index (χ0) is 13.2. The Morgan fingerprint density at radius 3 is 2.50 bits per heavy atom. The molecule has 100 valence electrons. The first-order chi connectivity index (χ1) is 8.57. The molecule has 0 radical (unpaired) electrons.